The van der Waals surface area contributed by atoms with Gasteiger partial charge in [-0.15, -0.1) is 0 Å². The summed E-state index contributed by atoms with van der Waals surface area (Å²) in [6.07, 6.45) is -1.44. The highest BCUT2D eigenvalue weighted by molar-refractivity contribution is 9.10. The Labute approximate surface area is 95.8 Å². The van der Waals surface area contributed by atoms with E-state index in [1.807, 2.05) is 0 Å². The zero-order chi connectivity index (χ0) is 10.0. The van der Waals surface area contributed by atoms with Crippen molar-refractivity contribution in [2.45, 2.75) is 11.8 Å². The van der Waals surface area contributed by atoms with Gasteiger partial charge in [-0.3, -0.25) is 0 Å². The second kappa shape index (κ2) is 4.66. The molecule has 13 heavy (non-hydrogen) atoms. The second-order valence-corrected chi connectivity index (χ2v) is 3.94. The molecule has 1 heterocycles. The molecule has 72 valence electrons. The Hall–Kier alpha value is 0.260. The zero-order valence-electron chi connectivity index (χ0n) is 6.20. The fourth-order valence-electron chi connectivity index (χ4n) is 0.836. The lowest BCUT2D eigenvalue weighted by Crippen LogP contribution is -1.96. The normalized spacial score (nSPS) is 10.9. The summed E-state index contributed by atoms with van der Waals surface area (Å²) in [5.74, 6) is 0. The molecule has 0 saturated heterocycles. The van der Waals surface area contributed by atoms with Gasteiger partial charge in [-0.05, 0) is 21.5 Å². The first-order chi connectivity index (χ1) is 6.07. The van der Waals surface area contributed by atoms with Crippen LogP contribution in [0.2, 0.25) is 5.15 Å². The summed E-state index contributed by atoms with van der Waals surface area (Å²) >= 11 is 11.9. The van der Waals surface area contributed by atoms with Crippen molar-refractivity contribution in [2.24, 2.45) is 0 Å². The number of aromatic nitrogens is 1. The van der Waals surface area contributed by atoms with Gasteiger partial charge in [0.2, 0.25) is 0 Å². The van der Waals surface area contributed by atoms with Gasteiger partial charge in [-0.1, -0.05) is 27.5 Å². The Balaban J connectivity index is 3.30. The molecule has 1 rings (SSSR count). The van der Waals surface area contributed by atoms with Gasteiger partial charge < -0.3 is 0 Å². The average molecular weight is 335 g/mol. The smallest absolute Gasteiger partial charge is 0.243 e. The molecule has 0 fully saturated rings. The summed E-state index contributed by atoms with van der Waals surface area (Å²) in [4.78, 5) is 3.63. The van der Waals surface area contributed by atoms with Crippen molar-refractivity contribution in [1.82, 2.24) is 4.98 Å². The first-order valence-electron chi connectivity index (χ1n) is 3.24. The van der Waals surface area contributed by atoms with Gasteiger partial charge in [0.15, 0.2) is 0 Å². The SMILES string of the molecule is FC(F)c1cnc(Cl)c(Br)c1CBr. The first kappa shape index (κ1) is 11.3. The van der Waals surface area contributed by atoms with Crippen LogP contribution in [-0.4, -0.2) is 4.98 Å². The van der Waals surface area contributed by atoms with Crippen molar-refractivity contribution >= 4 is 43.5 Å². The van der Waals surface area contributed by atoms with Gasteiger partial charge in [0.05, 0.1) is 4.47 Å². The van der Waals surface area contributed by atoms with Crippen molar-refractivity contribution in [3.05, 3.63) is 26.9 Å². The molecule has 0 saturated carbocycles. The van der Waals surface area contributed by atoms with Gasteiger partial charge in [-0.25, -0.2) is 13.8 Å². The second-order valence-electron chi connectivity index (χ2n) is 2.23. The van der Waals surface area contributed by atoms with E-state index in [1.165, 1.54) is 0 Å². The van der Waals surface area contributed by atoms with E-state index in [9.17, 15) is 8.78 Å². The summed E-state index contributed by atoms with van der Waals surface area (Å²) in [5, 5.41) is 0.508. The van der Waals surface area contributed by atoms with E-state index in [0.717, 1.165) is 6.20 Å². The van der Waals surface area contributed by atoms with Crippen LogP contribution in [0.15, 0.2) is 10.7 Å². The fourth-order valence-corrected chi connectivity index (χ4v) is 2.45. The number of hydrogen-bond acceptors (Lipinski definition) is 1. The van der Waals surface area contributed by atoms with Crippen LogP contribution in [0.4, 0.5) is 8.78 Å². The third kappa shape index (κ3) is 2.39. The molecule has 0 aliphatic heterocycles. The molecule has 0 N–H and O–H groups in total. The summed E-state index contributed by atoms with van der Waals surface area (Å²) < 4.78 is 25.2. The van der Waals surface area contributed by atoms with Crippen molar-refractivity contribution in [1.29, 1.82) is 0 Å². The molecule has 0 bridgehead atoms. The fraction of sp³-hybridized carbons (Fsp3) is 0.286. The van der Waals surface area contributed by atoms with E-state index in [4.69, 9.17) is 11.6 Å². The Bertz CT molecular complexity index is 320. The van der Waals surface area contributed by atoms with E-state index in [-0.39, 0.29) is 10.7 Å². The molecule has 1 nitrogen and oxygen atoms in total. The van der Waals surface area contributed by atoms with E-state index in [2.05, 4.69) is 36.8 Å². The van der Waals surface area contributed by atoms with Crippen molar-refractivity contribution < 1.29 is 8.78 Å². The minimum atomic E-state index is -2.53. The number of halogens is 5. The molecule has 0 atom stereocenters. The third-order valence-corrected chi connectivity index (χ3v) is 3.41. The molecule has 0 radical (unpaired) electrons. The zero-order valence-corrected chi connectivity index (χ0v) is 10.1. The quantitative estimate of drug-likeness (QED) is 0.579. The minimum absolute atomic E-state index is 0.104. The molecule has 0 spiro atoms. The Kier molecular flexibility index (Phi) is 4.06. The maximum Gasteiger partial charge on any atom is 0.265 e. The summed E-state index contributed by atoms with van der Waals surface area (Å²) in [6.45, 7) is 0. The Morgan fingerprint density at radius 1 is 1.54 bits per heavy atom. The molecule has 1 aromatic heterocycles. The standard InChI is InChI=1S/C7H4Br2ClF2N/c8-1-3-4(7(11)12)2-13-6(10)5(3)9/h2,7H,1H2. The molecular weight excluding hydrogens is 331 g/mol. The predicted octanol–water partition coefficient (Wildman–Crippen LogP) is 4.33. The lowest BCUT2D eigenvalue weighted by Gasteiger charge is -2.08. The number of hydrogen-bond donors (Lipinski definition) is 0. The maximum atomic E-state index is 12.4. The molecular formula is C7H4Br2ClF2N. The van der Waals surface area contributed by atoms with Gasteiger partial charge in [0, 0.05) is 17.1 Å². The van der Waals surface area contributed by atoms with Gasteiger partial charge in [0.1, 0.15) is 5.15 Å². The van der Waals surface area contributed by atoms with Crippen LogP contribution >= 0.6 is 43.5 Å². The predicted molar refractivity (Wildman–Crippen MR) is 54.5 cm³/mol. The molecule has 0 unspecified atom stereocenters. The third-order valence-electron chi connectivity index (χ3n) is 1.48. The number of alkyl halides is 3. The van der Waals surface area contributed by atoms with Crippen LogP contribution in [0.5, 0.6) is 0 Å². The summed E-state index contributed by atoms with van der Waals surface area (Å²) in [5.41, 5.74) is 0.336. The monoisotopic (exact) mass is 333 g/mol. The van der Waals surface area contributed by atoms with Crippen LogP contribution in [-0.2, 0) is 5.33 Å². The number of nitrogens with zero attached hydrogens (tertiary/aromatic N) is 1. The molecule has 0 amide bonds. The van der Waals surface area contributed by atoms with Crippen molar-refractivity contribution in [3.8, 4) is 0 Å². The molecule has 0 aromatic carbocycles. The number of rotatable bonds is 2. The molecule has 0 aliphatic rings. The first-order valence-corrected chi connectivity index (χ1v) is 5.54. The largest absolute Gasteiger partial charge is 0.265 e. The van der Waals surface area contributed by atoms with Gasteiger partial charge in [0.25, 0.3) is 6.43 Å². The van der Waals surface area contributed by atoms with Crippen molar-refractivity contribution in [3.63, 3.8) is 0 Å². The molecule has 0 aliphatic carbocycles. The maximum absolute atomic E-state index is 12.4. The summed E-state index contributed by atoms with van der Waals surface area (Å²) in [6, 6.07) is 0. The Morgan fingerprint density at radius 3 is 2.62 bits per heavy atom. The highest BCUT2D eigenvalue weighted by Gasteiger charge is 2.17. The van der Waals surface area contributed by atoms with E-state index >= 15 is 0 Å². The van der Waals surface area contributed by atoms with Crippen molar-refractivity contribution in [2.75, 3.05) is 0 Å². The van der Waals surface area contributed by atoms with Crippen LogP contribution in [0.3, 0.4) is 0 Å². The lowest BCUT2D eigenvalue weighted by molar-refractivity contribution is 0.150. The van der Waals surface area contributed by atoms with Crippen LogP contribution in [0.25, 0.3) is 0 Å². The summed E-state index contributed by atoms with van der Waals surface area (Å²) in [7, 11) is 0. The van der Waals surface area contributed by atoms with Crippen LogP contribution in [0, 0.1) is 0 Å². The highest BCUT2D eigenvalue weighted by atomic mass is 79.9. The van der Waals surface area contributed by atoms with E-state index in [1.54, 1.807) is 0 Å². The Morgan fingerprint density at radius 2 is 2.15 bits per heavy atom. The van der Waals surface area contributed by atoms with Gasteiger partial charge in [-0.2, -0.15) is 0 Å². The van der Waals surface area contributed by atoms with E-state index < -0.39 is 6.43 Å². The van der Waals surface area contributed by atoms with E-state index in [0.29, 0.717) is 15.4 Å². The van der Waals surface area contributed by atoms with Crippen LogP contribution in [0.1, 0.15) is 17.6 Å². The highest BCUT2D eigenvalue weighted by Crippen LogP contribution is 2.33. The van der Waals surface area contributed by atoms with Crippen LogP contribution < -0.4 is 0 Å². The lowest BCUT2D eigenvalue weighted by atomic mass is 10.2. The average Bonchev–Trinajstić information content (AvgIpc) is 2.09. The minimum Gasteiger partial charge on any atom is -0.243 e. The molecule has 1 aromatic rings. The molecule has 6 heteroatoms. The van der Waals surface area contributed by atoms with Gasteiger partial charge >= 0.3 is 0 Å². The topological polar surface area (TPSA) is 12.9 Å². The number of pyridine rings is 1.